The Bertz CT molecular complexity index is 943. The fraction of sp³-hybridized carbons (Fsp3) is 0.118. The molecule has 0 N–H and O–H groups in total. The second-order valence-corrected chi connectivity index (χ2v) is 5.79. The third-order valence-electron chi connectivity index (χ3n) is 3.61. The number of hydrogen-bond acceptors (Lipinski definition) is 4. The van der Waals surface area contributed by atoms with Crippen LogP contribution in [0.15, 0.2) is 48.5 Å². The van der Waals surface area contributed by atoms with E-state index in [0.717, 1.165) is 28.7 Å². The lowest BCUT2D eigenvalue weighted by molar-refractivity contribution is 1.10. The van der Waals surface area contributed by atoms with Crippen LogP contribution in [0.5, 0.6) is 0 Å². The molecule has 21 heavy (non-hydrogen) atoms. The molecule has 0 aliphatic carbocycles. The van der Waals surface area contributed by atoms with Crippen molar-refractivity contribution in [1.82, 2.24) is 13.7 Å². The highest BCUT2D eigenvalue weighted by Crippen LogP contribution is 2.18. The molecule has 2 aromatic heterocycles. The number of pyridine rings is 1. The van der Waals surface area contributed by atoms with Gasteiger partial charge in [-0.15, -0.1) is 0 Å². The Hall–Kier alpha value is -2.33. The van der Waals surface area contributed by atoms with Crippen molar-refractivity contribution in [2.75, 3.05) is 0 Å². The van der Waals surface area contributed by atoms with Gasteiger partial charge in [0, 0.05) is 17.5 Å². The van der Waals surface area contributed by atoms with Gasteiger partial charge in [-0.1, -0.05) is 23.8 Å². The summed E-state index contributed by atoms with van der Waals surface area (Å²) in [5.41, 5.74) is 6.54. The Morgan fingerprint density at radius 3 is 2.67 bits per heavy atom. The maximum absolute atomic E-state index is 4.75. The van der Waals surface area contributed by atoms with E-state index in [-0.39, 0.29) is 0 Å². The number of benzene rings is 2. The summed E-state index contributed by atoms with van der Waals surface area (Å²) in [6.45, 7) is 2.10. The summed E-state index contributed by atoms with van der Waals surface area (Å²) in [5.74, 6) is 0. The van der Waals surface area contributed by atoms with Gasteiger partial charge >= 0.3 is 0 Å². The lowest BCUT2D eigenvalue weighted by Crippen LogP contribution is -1.93. The van der Waals surface area contributed by atoms with Gasteiger partial charge in [-0.2, -0.15) is 8.75 Å². The Morgan fingerprint density at radius 2 is 1.71 bits per heavy atom. The lowest BCUT2D eigenvalue weighted by atomic mass is 10.1. The highest BCUT2D eigenvalue weighted by atomic mass is 32.1. The molecule has 4 aromatic rings. The first-order valence-corrected chi connectivity index (χ1v) is 7.58. The number of nitrogens with zero attached hydrogens (tertiary/aromatic N) is 3. The molecule has 2 aromatic carbocycles. The Morgan fingerprint density at radius 1 is 0.857 bits per heavy atom. The van der Waals surface area contributed by atoms with Crippen LogP contribution in [-0.2, 0) is 6.42 Å². The first-order chi connectivity index (χ1) is 10.3. The number of rotatable bonds is 2. The van der Waals surface area contributed by atoms with Crippen LogP contribution in [0.3, 0.4) is 0 Å². The predicted molar refractivity (Wildman–Crippen MR) is 86.7 cm³/mol. The molecule has 0 unspecified atom stereocenters. The molecule has 0 atom stereocenters. The Balaban J connectivity index is 1.71. The minimum Gasteiger partial charge on any atom is -0.252 e. The molecule has 3 nitrogen and oxygen atoms in total. The van der Waals surface area contributed by atoms with Crippen LogP contribution in [0, 0.1) is 6.92 Å². The minimum absolute atomic E-state index is 0.817. The van der Waals surface area contributed by atoms with Crippen LogP contribution >= 0.6 is 11.7 Å². The number of hydrogen-bond donors (Lipinski definition) is 0. The zero-order valence-corrected chi connectivity index (χ0v) is 12.4. The molecule has 2 heterocycles. The van der Waals surface area contributed by atoms with Crippen molar-refractivity contribution in [3.8, 4) is 0 Å². The molecule has 0 bridgehead atoms. The van der Waals surface area contributed by atoms with E-state index in [1.54, 1.807) is 0 Å². The summed E-state index contributed by atoms with van der Waals surface area (Å²) in [5, 5.41) is 1.19. The molecule has 0 amide bonds. The third-order valence-corrected chi connectivity index (χ3v) is 4.16. The highest BCUT2D eigenvalue weighted by Gasteiger charge is 2.04. The number of fused-ring (bicyclic) bond motifs is 2. The van der Waals surface area contributed by atoms with Gasteiger partial charge in [0.2, 0.25) is 0 Å². The van der Waals surface area contributed by atoms with Gasteiger partial charge in [-0.25, -0.2) is 0 Å². The first kappa shape index (κ1) is 12.4. The zero-order valence-electron chi connectivity index (χ0n) is 11.6. The Labute approximate surface area is 126 Å². The van der Waals surface area contributed by atoms with E-state index in [9.17, 15) is 0 Å². The molecule has 0 aliphatic rings. The maximum atomic E-state index is 4.75. The van der Waals surface area contributed by atoms with Crippen LogP contribution in [0.4, 0.5) is 0 Å². The van der Waals surface area contributed by atoms with Gasteiger partial charge in [0.1, 0.15) is 11.0 Å². The molecular formula is C17H13N3S. The summed E-state index contributed by atoms with van der Waals surface area (Å²) in [7, 11) is 0. The van der Waals surface area contributed by atoms with Gasteiger partial charge in [-0.05, 0) is 42.8 Å². The fourth-order valence-corrected chi connectivity index (χ4v) is 3.05. The molecule has 0 aliphatic heterocycles. The van der Waals surface area contributed by atoms with Crippen molar-refractivity contribution in [3.63, 3.8) is 0 Å². The number of aryl methyl sites for hydroxylation is 1. The summed E-state index contributed by atoms with van der Waals surface area (Å²) in [6, 6.07) is 16.8. The average molecular weight is 291 g/mol. The van der Waals surface area contributed by atoms with Crippen molar-refractivity contribution in [1.29, 1.82) is 0 Å². The maximum Gasteiger partial charge on any atom is 0.105 e. The van der Waals surface area contributed by atoms with Crippen LogP contribution in [0.2, 0.25) is 0 Å². The van der Waals surface area contributed by atoms with Crippen molar-refractivity contribution in [3.05, 3.63) is 65.4 Å². The highest BCUT2D eigenvalue weighted by molar-refractivity contribution is 7.00. The second kappa shape index (κ2) is 4.90. The quantitative estimate of drug-likeness (QED) is 0.557. The molecule has 0 radical (unpaired) electrons. The van der Waals surface area contributed by atoms with Gasteiger partial charge < -0.3 is 0 Å². The van der Waals surface area contributed by atoms with E-state index >= 15 is 0 Å². The van der Waals surface area contributed by atoms with Crippen molar-refractivity contribution >= 4 is 33.7 Å². The smallest absolute Gasteiger partial charge is 0.105 e. The molecule has 102 valence electrons. The number of aromatic nitrogens is 3. The minimum atomic E-state index is 0.817. The molecule has 0 spiro atoms. The standard InChI is InChI=1S/C17H13N3S/c1-11-2-6-15-13(8-11)4-5-14(18-15)9-12-3-7-16-17(10-12)20-21-19-16/h2-8,10H,9H2,1H3. The molecule has 4 rings (SSSR count). The Kier molecular flexibility index (Phi) is 2.89. The fourth-order valence-electron chi connectivity index (χ4n) is 2.53. The molecule has 0 saturated heterocycles. The topological polar surface area (TPSA) is 38.7 Å². The van der Waals surface area contributed by atoms with Gasteiger partial charge in [0.05, 0.1) is 17.2 Å². The lowest BCUT2D eigenvalue weighted by Gasteiger charge is -2.04. The van der Waals surface area contributed by atoms with E-state index in [0.29, 0.717) is 0 Å². The predicted octanol–water partition coefficient (Wildman–Crippen LogP) is 4.14. The SMILES string of the molecule is Cc1ccc2nc(Cc3ccc4nsnc4c3)ccc2c1. The summed E-state index contributed by atoms with van der Waals surface area (Å²) >= 11 is 1.26. The van der Waals surface area contributed by atoms with Gasteiger partial charge in [0.15, 0.2) is 0 Å². The molecule has 0 saturated carbocycles. The summed E-state index contributed by atoms with van der Waals surface area (Å²) < 4.78 is 8.52. The van der Waals surface area contributed by atoms with E-state index in [2.05, 4.69) is 58.1 Å². The third kappa shape index (κ3) is 2.38. The summed E-state index contributed by atoms with van der Waals surface area (Å²) in [4.78, 5) is 4.75. The second-order valence-electron chi connectivity index (χ2n) is 5.26. The van der Waals surface area contributed by atoms with Crippen LogP contribution in [0.1, 0.15) is 16.8 Å². The first-order valence-electron chi connectivity index (χ1n) is 6.85. The van der Waals surface area contributed by atoms with Gasteiger partial charge in [-0.3, -0.25) is 4.98 Å². The van der Waals surface area contributed by atoms with Crippen LogP contribution in [-0.4, -0.2) is 13.7 Å². The van der Waals surface area contributed by atoms with E-state index < -0.39 is 0 Å². The monoisotopic (exact) mass is 291 g/mol. The molecule has 0 fully saturated rings. The van der Waals surface area contributed by atoms with E-state index in [1.807, 2.05) is 6.07 Å². The van der Waals surface area contributed by atoms with Gasteiger partial charge in [0.25, 0.3) is 0 Å². The normalized spacial score (nSPS) is 11.3. The zero-order chi connectivity index (χ0) is 14.2. The van der Waals surface area contributed by atoms with Crippen LogP contribution in [0.25, 0.3) is 21.9 Å². The molecule has 4 heteroatoms. The average Bonchev–Trinajstić information content (AvgIpc) is 2.95. The van der Waals surface area contributed by atoms with Crippen molar-refractivity contribution in [2.24, 2.45) is 0 Å². The largest absolute Gasteiger partial charge is 0.252 e. The van der Waals surface area contributed by atoms with Crippen molar-refractivity contribution in [2.45, 2.75) is 13.3 Å². The van der Waals surface area contributed by atoms with E-state index in [1.165, 1.54) is 28.2 Å². The summed E-state index contributed by atoms with van der Waals surface area (Å²) in [6.07, 6.45) is 0.817. The molecular weight excluding hydrogens is 278 g/mol. The van der Waals surface area contributed by atoms with Crippen molar-refractivity contribution < 1.29 is 0 Å². The van der Waals surface area contributed by atoms with E-state index in [4.69, 9.17) is 4.98 Å². The van der Waals surface area contributed by atoms with Crippen LogP contribution < -0.4 is 0 Å².